The predicted molar refractivity (Wildman–Crippen MR) is 90.4 cm³/mol. The minimum absolute atomic E-state index is 0.121. The van der Waals surface area contributed by atoms with Crippen molar-refractivity contribution < 1.29 is 26.5 Å². The van der Waals surface area contributed by atoms with Gasteiger partial charge >= 0.3 is 5.25 Å². The molecule has 11 heteroatoms. The number of hydrogen-bond acceptors (Lipinski definition) is 5. The molecular weight excluding hydrogens is 397 g/mol. The Balaban J connectivity index is 2.50. The smallest absolute Gasteiger partial charge is 0.350 e. The summed E-state index contributed by atoms with van der Waals surface area (Å²) in [6.07, 6.45) is 0. The molecule has 0 heterocycles. The van der Waals surface area contributed by atoms with Crippen molar-refractivity contribution in [2.24, 2.45) is 0 Å². The summed E-state index contributed by atoms with van der Waals surface area (Å²) < 4.78 is 63.6. The average molecular weight is 409 g/mol. The number of halogens is 4. The van der Waals surface area contributed by atoms with E-state index in [4.69, 9.17) is 0 Å². The van der Waals surface area contributed by atoms with Crippen LogP contribution in [0.2, 0.25) is 0 Å². The monoisotopic (exact) mass is 408 g/mol. The fourth-order valence-corrected chi connectivity index (χ4v) is 3.42. The van der Waals surface area contributed by atoms with Gasteiger partial charge in [0.25, 0.3) is 11.3 Å². The van der Waals surface area contributed by atoms with E-state index < -0.39 is 36.2 Å². The van der Waals surface area contributed by atoms with E-state index >= 15 is 0 Å². The van der Waals surface area contributed by atoms with Crippen molar-refractivity contribution in [2.45, 2.75) is 22.7 Å². The van der Waals surface area contributed by atoms with E-state index in [1.165, 1.54) is 0 Å². The lowest BCUT2D eigenvalue weighted by Crippen LogP contribution is -2.36. The maximum atomic E-state index is 13.5. The Bertz CT molecular complexity index is 934. The Hall–Kier alpha value is -2.33. The number of rotatable bonds is 6. The molecule has 26 heavy (non-hydrogen) atoms. The quantitative estimate of drug-likeness (QED) is 0.430. The van der Waals surface area contributed by atoms with Crippen molar-refractivity contribution >= 4 is 38.5 Å². The van der Waals surface area contributed by atoms with Gasteiger partial charge in [0.15, 0.2) is 0 Å². The van der Waals surface area contributed by atoms with E-state index in [2.05, 4.69) is 16.9 Å². The van der Waals surface area contributed by atoms with Gasteiger partial charge in [0, 0.05) is 11.8 Å². The van der Waals surface area contributed by atoms with Gasteiger partial charge in [-0.05, 0) is 31.2 Å². The van der Waals surface area contributed by atoms with Crippen molar-refractivity contribution in [3.8, 4) is 0 Å². The lowest BCUT2D eigenvalue weighted by Gasteiger charge is -2.17. The zero-order valence-electron chi connectivity index (χ0n) is 13.1. The van der Waals surface area contributed by atoms with Crippen LogP contribution in [0.5, 0.6) is 0 Å². The number of alkyl halides is 4. The fourth-order valence-electron chi connectivity index (χ4n) is 2.00. The van der Waals surface area contributed by atoms with Gasteiger partial charge in [-0.15, -0.1) is 0 Å². The largest absolute Gasteiger partial charge is 0.393 e. The Morgan fingerprint density at radius 3 is 2.27 bits per heavy atom. The molecule has 2 rings (SSSR count). The van der Waals surface area contributed by atoms with Gasteiger partial charge in [-0.1, -0.05) is 29.3 Å². The van der Waals surface area contributed by atoms with E-state index in [1.54, 1.807) is 24.3 Å². The van der Waals surface area contributed by atoms with Crippen LogP contribution in [0.1, 0.15) is 5.56 Å². The minimum atomic E-state index is -5.56. The summed E-state index contributed by atoms with van der Waals surface area (Å²) in [4.78, 5) is 9.15. The molecule has 0 bridgehead atoms. The summed E-state index contributed by atoms with van der Waals surface area (Å²) in [5.74, 6) is 0. The molecule has 0 aliphatic carbocycles. The van der Waals surface area contributed by atoms with Crippen LogP contribution in [-0.4, -0.2) is 24.2 Å². The van der Waals surface area contributed by atoms with E-state index in [0.29, 0.717) is 17.8 Å². The van der Waals surface area contributed by atoms with Crippen LogP contribution < -0.4 is 5.32 Å². The number of aryl methyl sites for hydroxylation is 1. The molecule has 0 saturated heterocycles. The number of nitrogens with one attached hydrogen (secondary N) is 1. The maximum absolute atomic E-state index is 13.5. The summed E-state index contributed by atoms with van der Waals surface area (Å²) in [6, 6.07) is 8.80. The molecule has 0 amide bonds. The summed E-state index contributed by atoms with van der Waals surface area (Å²) in [5.41, 5.74) is -2.99. The summed E-state index contributed by atoms with van der Waals surface area (Å²) in [7, 11) is -5.56. The number of nitrogens with zero attached hydrogens (tertiary/aromatic N) is 1. The second-order valence-corrected chi connectivity index (χ2v) is 7.70. The van der Waals surface area contributed by atoms with E-state index in [9.17, 15) is 31.7 Å². The van der Waals surface area contributed by atoms with Crippen molar-refractivity contribution in [3.63, 3.8) is 0 Å². The third kappa shape index (κ3) is 3.75. The first-order chi connectivity index (χ1) is 12.0. The SMILES string of the molecule is Cc1ccc(Nc2ccc(S(=O)(=O)C(F)(F)C(F)Cl)cc2[N+](=O)[O-])cc1. The van der Waals surface area contributed by atoms with Gasteiger partial charge in [-0.3, -0.25) is 10.1 Å². The van der Waals surface area contributed by atoms with Crippen molar-refractivity contribution in [1.29, 1.82) is 0 Å². The molecule has 2 aromatic rings. The molecule has 0 spiro atoms. The van der Waals surface area contributed by atoms with Gasteiger partial charge in [0.1, 0.15) is 5.69 Å². The molecule has 6 nitrogen and oxygen atoms in total. The first kappa shape index (κ1) is 20.0. The van der Waals surface area contributed by atoms with Crippen molar-refractivity contribution in [2.75, 3.05) is 5.32 Å². The zero-order chi connectivity index (χ0) is 19.7. The van der Waals surface area contributed by atoms with Crippen LogP contribution in [0.25, 0.3) is 0 Å². The maximum Gasteiger partial charge on any atom is 0.393 e. The molecule has 0 aromatic heterocycles. The predicted octanol–water partition coefficient (Wildman–Crippen LogP) is 4.55. The molecule has 0 saturated carbocycles. The van der Waals surface area contributed by atoms with Gasteiger partial charge in [0.05, 0.1) is 9.82 Å². The van der Waals surface area contributed by atoms with E-state index in [1.807, 2.05) is 6.92 Å². The van der Waals surface area contributed by atoms with Crippen LogP contribution >= 0.6 is 11.6 Å². The number of hydrogen-bond donors (Lipinski definition) is 1. The highest BCUT2D eigenvalue weighted by Crippen LogP contribution is 2.38. The lowest BCUT2D eigenvalue weighted by molar-refractivity contribution is -0.384. The normalized spacial score (nSPS) is 13.3. The fraction of sp³-hybridized carbons (Fsp3) is 0.200. The van der Waals surface area contributed by atoms with Gasteiger partial charge in [-0.2, -0.15) is 8.78 Å². The van der Waals surface area contributed by atoms with Crippen LogP contribution in [0.15, 0.2) is 47.4 Å². The van der Waals surface area contributed by atoms with E-state index in [-0.39, 0.29) is 5.69 Å². The van der Waals surface area contributed by atoms with Gasteiger partial charge in [-0.25, -0.2) is 12.8 Å². The number of anilines is 2. The summed E-state index contributed by atoms with van der Waals surface area (Å²) in [6.45, 7) is 1.83. The average Bonchev–Trinajstić information content (AvgIpc) is 2.56. The molecule has 0 radical (unpaired) electrons. The number of sulfone groups is 1. The third-order valence-corrected chi connectivity index (χ3v) is 5.62. The number of nitro groups is 1. The van der Waals surface area contributed by atoms with Crippen LogP contribution in [0.4, 0.5) is 30.2 Å². The Labute approximate surface area is 151 Å². The number of benzene rings is 2. The lowest BCUT2D eigenvalue weighted by atomic mass is 10.2. The first-order valence-corrected chi connectivity index (χ1v) is 8.91. The third-order valence-electron chi connectivity index (χ3n) is 3.42. The molecule has 0 fully saturated rings. The van der Waals surface area contributed by atoms with Crippen molar-refractivity contribution in [3.05, 3.63) is 58.1 Å². The molecule has 0 aliphatic rings. The highest BCUT2D eigenvalue weighted by Gasteiger charge is 2.53. The highest BCUT2D eigenvalue weighted by atomic mass is 35.5. The van der Waals surface area contributed by atoms with Crippen LogP contribution in [0.3, 0.4) is 0 Å². The molecule has 2 aromatic carbocycles. The van der Waals surface area contributed by atoms with Gasteiger partial charge in [0.2, 0.25) is 9.84 Å². The highest BCUT2D eigenvalue weighted by molar-refractivity contribution is 7.92. The molecule has 1 unspecified atom stereocenters. The second-order valence-electron chi connectivity index (χ2n) is 5.29. The Morgan fingerprint density at radius 2 is 1.77 bits per heavy atom. The molecular formula is C15H12ClF3N2O4S. The molecule has 1 atom stereocenters. The topological polar surface area (TPSA) is 89.3 Å². The molecule has 140 valence electrons. The Kier molecular flexibility index (Phi) is 5.47. The van der Waals surface area contributed by atoms with Crippen LogP contribution in [-0.2, 0) is 9.84 Å². The van der Waals surface area contributed by atoms with Crippen LogP contribution in [0, 0.1) is 17.0 Å². The number of nitro benzene ring substituents is 1. The van der Waals surface area contributed by atoms with E-state index in [0.717, 1.165) is 11.6 Å². The Morgan fingerprint density at radius 1 is 1.19 bits per heavy atom. The molecule has 0 aliphatic heterocycles. The summed E-state index contributed by atoms with van der Waals surface area (Å²) in [5, 5.41) is 8.97. The van der Waals surface area contributed by atoms with Crippen molar-refractivity contribution in [1.82, 2.24) is 0 Å². The molecule has 1 N–H and O–H groups in total. The zero-order valence-corrected chi connectivity index (χ0v) is 14.7. The minimum Gasteiger partial charge on any atom is -0.350 e. The summed E-state index contributed by atoms with van der Waals surface area (Å²) >= 11 is 4.62. The first-order valence-electron chi connectivity index (χ1n) is 6.99. The second kappa shape index (κ2) is 7.12. The van der Waals surface area contributed by atoms with Gasteiger partial charge < -0.3 is 5.32 Å². The standard InChI is InChI=1S/C15H12ClF3N2O4S/c1-9-2-4-10(5-3-9)20-12-7-6-11(8-13(12)21(22)23)26(24,25)15(18,19)14(16)17/h2-8,14,20H,1H3.